The van der Waals surface area contributed by atoms with Crippen LogP contribution in [0.15, 0.2) is 28.9 Å². The van der Waals surface area contributed by atoms with Crippen LogP contribution in [-0.4, -0.2) is 29.7 Å². The largest absolute Gasteiger partial charge is 0.356 e. The van der Waals surface area contributed by atoms with Crippen LogP contribution in [0, 0.1) is 11.8 Å². The quantitative estimate of drug-likeness (QED) is 0.845. The maximum absolute atomic E-state index is 5.24. The minimum absolute atomic E-state index is 0.910. The zero-order chi connectivity index (χ0) is 12.7. The van der Waals surface area contributed by atoms with Gasteiger partial charge < -0.3 is 9.42 Å². The van der Waals surface area contributed by atoms with Gasteiger partial charge in [-0.1, -0.05) is 11.2 Å². The molecule has 5 rings (SSSR count). The maximum Gasteiger partial charge on any atom is 0.167 e. The molecule has 100 valence electrons. The fourth-order valence-electron chi connectivity index (χ4n) is 3.83. The predicted octanol–water partition coefficient (Wildman–Crippen LogP) is 3.10. The highest BCUT2D eigenvalue weighted by Gasteiger charge is 2.33. The van der Waals surface area contributed by atoms with Crippen LogP contribution in [-0.2, 0) is 6.42 Å². The van der Waals surface area contributed by atoms with Gasteiger partial charge in [-0.25, -0.2) is 0 Å². The summed E-state index contributed by atoms with van der Waals surface area (Å²) < 4.78 is 5.24. The summed E-state index contributed by atoms with van der Waals surface area (Å²) in [5.41, 5.74) is 2.31. The van der Waals surface area contributed by atoms with Crippen LogP contribution in [0.2, 0.25) is 0 Å². The Morgan fingerprint density at radius 2 is 2.16 bits per heavy atom. The lowest BCUT2D eigenvalue weighted by molar-refractivity contribution is 0.0469. The number of aryl methyl sites for hydroxylation is 1. The molecular weight excluding hydrogens is 236 g/mol. The minimum Gasteiger partial charge on any atom is -0.356 e. The van der Waals surface area contributed by atoms with Gasteiger partial charge in [0.15, 0.2) is 5.58 Å². The van der Waals surface area contributed by atoms with Gasteiger partial charge in [0.1, 0.15) is 0 Å². The van der Waals surface area contributed by atoms with Crippen LogP contribution in [0.5, 0.6) is 0 Å². The Labute approximate surface area is 113 Å². The van der Waals surface area contributed by atoms with Gasteiger partial charge in [0.05, 0.1) is 6.20 Å². The van der Waals surface area contributed by atoms with Crippen LogP contribution in [0.4, 0.5) is 0 Å². The molecule has 3 aliphatic heterocycles. The van der Waals surface area contributed by atoms with Crippen molar-refractivity contribution in [2.45, 2.75) is 25.7 Å². The lowest BCUT2D eigenvalue weighted by Crippen LogP contribution is -2.47. The zero-order valence-corrected chi connectivity index (χ0v) is 11.2. The lowest BCUT2D eigenvalue weighted by Gasteiger charge is -2.45. The molecule has 1 atom stereocenters. The van der Waals surface area contributed by atoms with Crippen LogP contribution in [0.25, 0.3) is 11.0 Å². The van der Waals surface area contributed by atoms with Crippen molar-refractivity contribution in [3.63, 3.8) is 0 Å². The first-order chi connectivity index (χ1) is 9.38. The average molecular weight is 256 g/mol. The Morgan fingerprint density at radius 3 is 2.95 bits per heavy atom. The number of aromatic nitrogens is 1. The van der Waals surface area contributed by atoms with E-state index in [2.05, 4.69) is 28.3 Å². The summed E-state index contributed by atoms with van der Waals surface area (Å²) >= 11 is 0. The summed E-state index contributed by atoms with van der Waals surface area (Å²) in [7, 11) is 0. The van der Waals surface area contributed by atoms with Gasteiger partial charge in [0.25, 0.3) is 0 Å². The third-order valence-corrected chi connectivity index (χ3v) is 5.02. The highest BCUT2D eigenvalue weighted by atomic mass is 16.5. The molecule has 3 saturated heterocycles. The van der Waals surface area contributed by atoms with Gasteiger partial charge in [-0.2, -0.15) is 0 Å². The van der Waals surface area contributed by atoms with Crippen molar-refractivity contribution in [1.82, 2.24) is 10.1 Å². The second kappa shape index (κ2) is 4.64. The van der Waals surface area contributed by atoms with Gasteiger partial charge in [0, 0.05) is 11.9 Å². The Kier molecular flexibility index (Phi) is 2.80. The van der Waals surface area contributed by atoms with Crippen molar-refractivity contribution in [2.24, 2.45) is 11.8 Å². The Bertz CT molecular complexity index is 569. The van der Waals surface area contributed by atoms with Crippen LogP contribution >= 0.6 is 0 Å². The van der Waals surface area contributed by atoms with Crippen molar-refractivity contribution in [1.29, 1.82) is 0 Å². The fraction of sp³-hybridized carbons (Fsp3) is 0.562. The molecule has 0 amide bonds. The molecule has 3 aliphatic rings. The summed E-state index contributed by atoms with van der Waals surface area (Å²) in [6, 6.07) is 6.50. The van der Waals surface area contributed by atoms with E-state index >= 15 is 0 Å². The van der Waals surface area contributed by atoms with E-state index in [0.717, 1.165) is 22.8 Å². The topological polar surface area (TPSA) is 29.3 Å². The first-order valence-corrected chi connectivity index (χ1v) is 7.44. The molecule has 1 aromatic carbocycles. The minimum atomic E-state index is 0.910. The van der Waals surface area contributed by atoms with Gasteiger partial charge >= 0.3 is 0 Å². The third-order valence-electron chi connectivity index (χ3n) is 5.02. The van der Waals surface area contributed by atoms with E-state index in [1.165, 1.54) is 50.9 Å². The number of nitrogens with zero attached hydrogens (tertiary/aromatic N) is 2. The highest BCUT2D eigenvalue weighted by molar-refractivity contribution is 5.76. The van der Waals surface area contributed by atoms with Crippen molar-refractivity contribution in [3.8, 4) is 0 Å². The predicted molar refractivity (Wildman–Crippen MR) is 75.0 cm³/mol. The maximum atomic E-state index is 5.24. The van der Waals surface area contributed by atoms with E-state index < -0.39 is 0 Å². The van der Waals surface area contributed by atoms with Crippen molar-refractivity contribution >= 4 is 11.0 Å². The summed E-state index contributed by atoms with van der Waals surface area (Å²) in [6.07, 6.45) is 7.12. The molecule has 2 bridgehead atoms. The molecule has 0 N–H and O–H groups in total. The molecular formula is C16H20N2O. The molecule has 3 fully saturated rings. The van der Waals surface area contributed by atoms with Crippen LogP contribution in [0.1, 0.15) is 24.8 Å². The molecule has 3 heteroatoms. The first-order valence-electron chi connectivity index (χ1n) is 7.44. The molecule has 0 aliphatic carbocycles. The van der Waals surface area contributed by atoms with Crippen LogP contribution in [0.3, 0.4) is 0 Å². The van der Waals surface area contributed by atoms with Crippen molar-refractivity contribution in [3.05, 3.63) is 30.0 Å². The Balaban J connectivity index is 1.44. The van der Waals surface area contributed by atoms with Crippen LogP contribution < -0.4 is 0 Å². The van der Waals surface area contributed by atoms with E-state index in [-0.39, 0.29) is 0 Å². The standard InChI is InChI=1S/C16H20N2O/c1-3-14-10-17-19-16(14)9-12(1)2-4-15-11-18-7-5-13(15)6-8-18/h1,3,9-10,13,15H,2,4-8,11H2. The molecule has 4 heterocycles. The number of hydrogen-bond acceptors (Lipinski definition) is 3. The number of rotatable bonds is 3. The number of benzene rings is 1. The summed E-state index contributed by atoms with van der Waals surface area (Å²) in [5, 5.41) is 4.95. The molecule has 19 heavy (non-hydrogen) atoms. The monoisotopic (exact) mass is 256 g/mol. The van der Waals surface area contributed by atoms with E-state index in [9.17, 15) is 0 Å². The van der Waals surface area contributed by atoms with Crippen molar-refractivity contribution in [2.75, 3.05) is 19.6 Å². The number of fused-ring (bicyclic) bond motifs is 4. The third kappa shape index (κ3) is 2.16. The van der Waals surface area contributed by atoms with Gasteiger partial charge in [-0.15, -0.1) is 0 Å². The fourth-order valence-corrected chi connectivity index (χ4v) is 3.83. The summed E-state index contributed by atoms with van der Waals surface area (Å²) in [4.78, 5) is 2.64. The van der Waals surface area contributed by atoms with Crippen molar-refractivity contribution < 1.29 is 4.52 Å². The molecule has 2 aromatic rings. The SMILES string of the molecule is c1cc2cnoc2cc1CCC1CN2CCC1CC2. The smallest absolute Gasteiger partial charge is 0.167 e. The van der Waals surface area contributed by atoms with E-state index in [4.69, 9.17) is 4.52 Å². The Morgan fingerprint density at radius 1 is 1.26 bits per heavy atom. The second-order valence-electron chi connectivity index (χ2n) is 6.13. The molecule has 0 radical (unpaired) electrons. The van der Waals surface area contributed by atoms with E-state index in [0.29, 0.717) is 0 Å². The Hall–Kier alpha value is -1.35. The normalized spacial score (nSPS) is 30.0. The second-order valence-corrected chi connectivity index (χ2v) is 6.13. The summed E-state index contributed by atoms with van der Waals surface area (Å²) in [6.45, 7) is 4.01. The summed E-state index contributed by atoms with van der Waals surface area (Å²) in [5.74, 6) is 1.90. The molecule has 0 spiro atoms. The van der Waals surface area contributed by atoms with Gasteiger partial charge in [-0.05, 0) is 68.3 Å². The van der Waals surface area contributed by atoms with Gasteiger partial charge in [-0.3, -0.25) is 0 Å². The average Bonchev–Trinajstić information content (AvgIpc) is 2.94. The lowest BCUT2D eigenvalue weighted by atomic mass is 9.76. The molecule has 1 unspecified atom stereocenters. The molecule has 0 saturated carbocycles. The molecule has 3 nitrogen and oxygen atoms in total. The molecule has 1 aromatic heterocycles. The van der Waals surface area contributed by atoms with E-state index in [1.54, 1.807) is 6.20 Å². The zero-order valence-electron chi connectivity index (χ0n) is 11.2. The number of hydrogen-bond donors (Lipinski definition) is 0. The number of piperidine rings is 3. The first kappa shape index (κ1) is 11.5. The van der Waals surface area contributed by atoms with Gasteiger partial charge in [0.2, 0.25) is 0 Å². The van der Waals surface area contributed by atoms with E-state index in [1.807, 2.05) is 0 Å². The highest BCUT2D eigenvalue weighted by Crippen LogP contribution is 2.35.